The smallest absolute Gasteiger partial charge is 0.416 e. The van der Waals surface area contributed by atoms with Crippen LogP contribution in [0.15, 0.2) is 54.6 Å². The molecule has 3 rings (SSSR count). The van der Waals surface area contributed by atoms with Crippen molar-refractivity contribution in [2.75, 3.05) is 0 Å². The van der Waals surface area contributed by atoms with Gasteiger partial charge in [0.2, 0.25) is 0 Å². The van der Waals surface area contributed by atoms with Crippen LogP contribution in [-0.4, -0.2) is 23.0 Å². The first-order chi connectivity index (χ1) is 15.8. The van der Waals surface area contributed by atoms with E-state index >= 15 is 0 Å². The predicted octanol–water partition coefficient (Wildman–Crippen LogP) is 5.98. The zero-order valence-corrected chi connectivity index (χ0v) is 19.3. The average Bonchev–Trinajstić information content (AvgIpc) is 2.74. The topological polar surface area (TPSA) is 75.6 Å². The average molecular weight is 473 g/mol. The number of carbonyl (C=O) groups excluding carboxylic acids is 1. The van der Waals surface area contributed by atoms with Crippen LogP contribution in [-0.2, 0) is 17.6 Å². The zero-order chi connectivity index (χ0) is 25.3. The van der Waals surface area contributed by atoms with Crippen molar-refractivity contribution >= 4 is 22.6 Å². The summed E-state index contributed by atoms with van der Waals surface area (Å²) in [4.78, 5) is 24.9. The van der Waals surface area contributed by atoms with Gasteiger partial charge in [-0.15, -0.1) is 0 Å². The molecule has 34 heavy (non-hydrogen) atoms. The van der Waals surface area contributed by atoms with Crippen molar-refractivity contribution in [2.24, 2.45) is 5.41 Å². The number of ether oxygens (including phenoxy) is 1. The summed E-state index contributed by atoms with van der Waals surface area (Å²) in [5.74, 6) is -1.55. The maximum absolute atomic E-state index is 13.1. The molecule has 0 aliphatic rings. The van der Waals surface area contributed by atoms with E-state index in [0.29, 0.717) is 10.9 Å². The lowest BCUT2D eigenvalue weighted by molar-refractivity contribution is -0.142. The predicted molar refractivity (Wildman–Crippen MR) is 123 cm³/mol. The van der Waals surface area contributed by atoms with Gasteiger partial charge in [0.1, 0.15) is 18.4 Å². The van der Waals surface area contributed by atoms with E-state index < -0.39 is 35.1 Å². The van der Waals surface area contributed by atoms with Crippen molar-refractivity contribution in [3.05, 3.63) is 76.9 Å². The minimum atomic E-state index is -4.44. The summed E-state index contributed by atoms with van der Waals surface area (Å²) in [6.07, 6.45) is -4.44. The number of amides is 1. The summed E-state index contributed by atoms with van der Waals surface area (Å²) in [7, 11) is 0. The number of carboxylic acids is 1. The molecule has 0 radical (unpaired) electrons. The molecule has 3 aromatic rings. The van der Waals surface area contributed by atoms with Crippen LogP contribution in [0.25, 0.3) is 10.8 Å². The number of halogens is 3. The van der Waals surface area contributed by atoms with E-state index in [-0.39, 0.29) is 17.9 Å². The first-order valence-electron chi connectivity index (χ1n) is 10.6. The lowest BCUT2D eigenvalue weighted by Gasteiger charge is -2.28. The molecule has 3 aromatic carbocycles. The zero-order valence-electron chi connectivity index (χ0n) is 19.3. The van der Waals surface area contributed by atoms with E-state index in [4.69, 9.17) is 4.74 Å². The Labute approximate surface area is 195 Å². The van der Waals surface area contributed by atoms with E-state index in [0.717, 1.165) is 23.1 Å². The Morgan fingerprint density at radius 3 is 2.21 bits per heavy atom. The van der Waals surface area contributed by atoms with Gasteiger partial charge in [-0.25, -0.2) is 4.79 Å². The SMILES string of the molecule is Cc1ccc2c(OCc3ccc(C(F)(F)F)cc3)c(C(=O)N[C@H](C(=O)O)C(C)(C)C)ccc2c1. The molecular formula is C26H26F3NO4. The summed E-state index contributed by atoms with van der Waals surface area (Å²) in [6.45, 7) is 6.96. The molecule has 1 atom stereocenters. The monoisotopic (exact) mass is 473 g/mol. The molecule has 180 valence electrons. The third kappa shape index (κ3) is 5.68. The van der Waals surface area contributed by atoms with Crippen molar-refractivity contribution < 1.29 is 32.6 Å². The lowest BCUT2D eigenvalue weighted by atomic mass is 9.86. The van der Waals surface area contributed by atoms with Gasteiger partial charge in [-0.2, -0.15) is 13.2 Å². The molecule has 0 heterocycles. The van der Waals surface area contributed by atoms with Gasteiger partial charge in [-0.05, 0) is 41.5 Å². The number of hydrogen-bond donors (Lipinski definition) is 2. The molecule has 5 nitrogen and oxygen atoms in total. The summed E-state index contributed by atoms with van der Waals surface area (Å²) in [6, 6.07) is 12.3. The maximum Gasteiger partial charge on any atom is 0.416 e. The van der Waals surface area contributed by atoms with Crippen LogP contribution >= 0.6 is 0 Å². The Morgan fingerprint density at radius 1 is 1.00 bits per heavy atom. The molecule has 2 N–H and O–H groups in total. The summed E-state index contributed by atoms with van der Waals surface area (Å²) in [5, 5.41) is 13.6. The van der Waals surface area contributed by atoms with E-state index in [9.17, 15) is 27.9 Å². The van der Waals surface area contributed by atoms with Gasteiger partial charge >= 0.3 is 12.1 Å². The molecule has 0 aliphatic heterocycles. The fraction of sp³-hybridized carbons (Fsp3) is 0.308. The standard InChI is InChI=1S/C26H26F3NO4/c1-15-5-11-19-17(13-15)8-12-20(23(31)30-22(24(32)33)25(2,3)4)21(19)34-14-16-6-9-18(10-7-16)26(27,28)29/h5-13,22H,14H2,1-4H3,(H,30,31)(H,32,33)/t22-/m1/s1. The van der Waals surface area contributed by atoms with Crippen molar-refractivity contribution in [3.63, 3.8) is 0 Å². The summed E-state index contributed by atoms with van der Waals surface area (Å²) >= 11 is 0. The second kappa shape index (κ2) is 9.37. The fourth-order valence-corrected chi connectivity index (χ4v) is 3.56. The highest BCUT2D eigenvalue weighted by Gasteiger charge is 2.34. The van der Waals surface area contributed by atoms with Crippen molar-refractivity contribution in [3.8, 4) is 5.75 Å². The third-order valence-corrected chi connectivity index (χ3v) is 5.42. The van der Waals surface area contributed by atoms with Crippen LogP contribution in [0.2, 0.25) is 0 Å². The minimum Gasteiger partial charge on any atom is -0.487 e. The third-order valence-electron chi connectivity index (χ3n) is 5.42. The van der Waals surface area contributed by atoms with Gasteiger partial charge in [-0.1, -0.05) is 62.7 Å². The first-order valence-corrected chi connectivity index (χ1v) is 10.6. The molecule has 0 fully saturated rings. The number of aliphatic carboxylic acids is 1. The number of carbonyl (C=O) groups is 2. The van der Waals surface area contributed by atoms with Crippen LogP contribution in [0.1, 0.15) is 47.8 Å². The molecule has 0 unspecified atom stereocenters. The molecular weight excluding hydrogens is 447 g/mol. The number of benzene rings is 3. The van der Waals surface area contributed by atoms with Gasteiger partial charge < -0.3 is 15.2 Å². The van der Waals surface area contributed by atoms with Gasteiger partial charge in [0.25, 0.3) is 5.91 Å². The summed E-state index contributed by atoms with van der Waals surface area (Å²) in [5.41, 5.74) is 0.118. The highest BCUT2D eigenvalue weighted by molar-refractivity contribution is 6.05. The minimum absolute atomic E-state index is 0.0764. The number of alkyl halides is 3. The second-order valence-electron chi connectivity index (χ2n) is 9.26. The van der Waals surface area contributed by atoms with Gasteiger partial charge in [0, 0.05) is 5.39 Å². The van der Waals surface area contributed by atoms with Crippen LogP contribution < -0.4 is 10.1 Å². The highest BCUT2D eigenvalue weighted by Crippen LogP contribution is 2.33. The largest absolute Gasteiger partial charge is 0.487 e. The van der Waals surface area contributed by atoms with Crippen molar-refractivity contribution in [1.29, 1.82) is 0 Å². The van der Waals surface area contributed by atoms with Crippen molar-refractivity contribution in [2.45, 2.75) is 46.5 Å². The fourth-order valence-electron chi connectivity index (χ4n) is 3.56. The molecule has 0 saturated carbocycles. The van der Waals surface area contributed by atoms with Gasteiger partial charge in [0.05, 0.1) is 11.1 Å². The van der Waals surface area contributed by atoms with Crippen LogP contribution in [0.5, 0.6) is 5.75 Å². The van der Waals surface area contributed by atoms with Crippen molar-refractivity contribution in [1.82, 2.24) is 5.32 Å². The summed E-state index contributed by atoms with van der Waals surface area (Å²) < 4.78 is 44.5. The van der Waals surface area contributed by atoms with E-state index in [2.05, 4.69) is 5.32 Å². The number of aryl methyl sites for hydroxylation is 1. The Balaban J connectivity index is 1.97. The van der Waals surface area contributed by atoms with Crippen LogP contribution in [0, 0.1) is 12.3 Å². The molecule has 0 aliphatic carbocycles. The maximum atomic E-state index is 13.1. The Morgan fingerprint density at radius 2 is 1.65 bits per heavy atom. The first kappa shape index (κ1) is 25.1. The molecule has 0 bridgehead atoms. The van der Waals surface area contributed by atoms with Crippen LogP contribution in [0.4, 0.5) is 13.2 Å². The van der Waals surface area contributed by atoms with Gasteiger partial charge in [0.15, 0.2) is 0 Å². The number of carboxylic acid groups (broad SMARTS) is 1. The molecule has 1 amide bonds. The van der Waals surface area contributed by atoms with E-state index in [1.807, 2.05) is 19.1 Å². The van der Waals surface area contributed by atoms with Gasteiger partial charge in [-0.3, -0.25) is 4.79 Å². The number of nitrogens with one attached hydrogen (secondary N) is 1. The Hall–Kier alpha value is -3.55. The number of hydrogen-bond acceptors (Lipinski definition) is 3. The second-order valence-corrected chi connectivity index (χ2v) is 9.26. The van der Waals surface area contributed by atoms with E-state index in [1.54, 1.807) is 39.0 Å². The lowest BCUT2D eigenvalue weighted by Crippen LogP contribution is -2.49. The molecule has 0 aromatic heterocycles. The molecule has 0 saturated heterocycles. The number of rotatable bonds is 6. The molecule has 8 heteroatoms. The Bertz CT molecular complexity index is 1210. The van der Waals surface area contributed by atoms with E-state index in [1.165, 1.54) is 12.1 Å². The quantitative estimate of drug-likeness (QED) is 0.462. The Kier molecular flexibility index (Phi) is 6.91. The normalized spacial score (nSPS) is 12.9. The molecule has 0 spiro atoms. The number of fused-ring (bicyclic) bond motifs is 1. The highest BCUT2D eigenvalue weighted by atomic mass is 19.4. The van der Waals surface area contributed by atoms with Crippen LogP contribution in [0.3, 0.4) is 0 Å².